The van der Waals surface area contributed by atoms with Crippen molar-refractivity contribution in [2.45, 2.75) is 19.0 Å². The summed E-state index contributed by atoms with van der Waals surface area (Å²) in [5, 5.41) is 6.57. The summed E-state index contributed by atoms with van der Waals surface area (Å²) in [6.45, 7) is 3.58. The van der Waals surface area contributed by atoms with Crippen LogP contribution in [0.3, 0.4) is 0 Å². The molecule has 1 aromatic rings. The fourth-order valence-corrected chi connectivity index (χ4v) is 2.12. The smallest absolute Gasteiger partial charge is 0.245 e. The van der Waals surface area contributed by atoms with Gasteiger partial charge in [0, 0.05) is 31.9 Å². The molecule has 1 saturated heterocycles. The van der Waals surface area contributed by atoms with Crippen molar-refractivity contribution in [2.24, 2.45) is 0 Å². The first-order chi connectivity index (χ1) is 9.11. The molecule has 2 atom stereocenters. The summed E-state index contributed by atoms with van der Waals surface area (Å²) in [5.41, 5.74) is 0.867. The zero-order valence-corrected chi connectivity index (χ0v) is 11.6. The Balaban J connectivity index is 2.01. The number of ether oxygens (including phenoxy) is 1. The highest BCUT2D eigenvalue weighted by Crippen LogP contribution is 2.18. The molecular weight excluding hydrogens is 242 g/mol. The summed E-state index contributed by atoms with van der Waals surface area (Å²) in [6, 6.07) is 7.73. The van der Waals surface area contributed by atoms with E-state index in [1.54, 1.807) is 19.1 Å². The van der Waals surface area contributed by atoms with Crippen molar-refractivity contribution in [3.8, 4) is 5.75 Å². The van der Waals surface area contributed by atoms with E-state index < -0.39 is 0 Å². The molecular formula is C14H21N3O2. The molecule has 2 rings (SSSR count). The maximum Gasteiger partial charge on any atom is 0.245 e. The fraction of sp³-hybridized carbons (Fsp3) is 0.500. The third-order valence-electron chi connectivity index (χ3n) is 3.43. The predicted octanol–water partition coefficient (Wildman–Crippen LogP) is 0.608. The number of hydrogen-bond donors (Lipinski definition) is 2. The standard InChI is InChI=1S/C14H21N3O2/c1-10-8-16-13(9-15-10)14(18)17(2)11-4-6-12(19-3)7-5-11/h4-7,10,13,15-16H,8-9H2,1-3H3. The Morgan fingerprint density at radius 2 is 1.95 bits per heavy atom. The van der Waals surface area contributed by atoms with E-state index in [9.17, 15) is 4.79 Å². The zero-order valence-electron chi connectivity index (χ0n) is 11.6. The highest BCUT2D eigenvalue weighted by atomic mass is 16.5. The first-order valence-electron chi connectivity index (χ1n) is 6.50. The van der Waals surface area contributed by atoms with Crippen molar-refractivity contribution >= 4 is 11.6 Å². The zero-order chi connectivity index (χ0) is 13.8. The number of amides is 1. The largest absolute Gasteiger partial charge is 0.497 e. The van der Waals surface area contributed by atoms with E-state index >= 15 is 0 Å². The van der Waals surface area contributed by atoms with Gasteiger partial charge in [0.2, 0.25) is 5.91 Å². The highest BCUT2D eigenvalue weighted by molar-refractivity contribution is 5.97. The van der Waals surface area contributed by atoms with Crippen LogP contribution in [0.2, 0.25) is 0 Å². The molecule has 5 nitrogen and oxygen atoms in total. The van der Waals surface area contributed by atoms with Gasteiger partial charge in [-0.3, -0.25) is 4.79 Å². The van der Waals surface area contributed by atoms with Gasteiger partial charge in [-0.05, 0) is 31.2 Å². The molecule has 5 heteroatoms. The van der Waals surface area contributed by atoms with Crippen LogP contribution in [-0.4, -0.2) is 45.2 Å². The van der Waals surface area contributed by atoms with Crippen LogP contribution in [0.4, 0.5) is 5.69 Å². The Bertz CT molecular complexity index is 425. The SMILES string of the molecule is COc1ccc(N(C)C(=O)C2CNC(C)CN2)cc1. The second-order valence-corrected chi connectivity index (χ2v) is 4.87. The second-order valence-electron chi connectivity index (χ2n) is 4.87. The Labute approximate surface area is 113 Å². The van der Waals surface area contributed by atoms with E-state index in [-0.39, 0.29) is 11.9 Å². The molecule has 0 bridgehead atoms. The lowest BCUT2D eigenvalue weighted by atomic mass is 10.1. The van der Waals surface area contributed by atoms with Gasteiger partial charge in [-0.25, -0.2) is 0 Å². The summed E-state index contributed by atoms with van der Waals surface area (Å²) in [5.74, 6) is 0.862. The Kier molecular flexibility index (Phi) is 4.39. The maximum atomic E-state index is 12.4. The molecule has 0 spiro atoms. The summed E-state index contributed by atoms with van der Waals surface area (Å²) in [6.07, 6.45) is 0. The van der Waals surface area contributed by atoms with Gasteiger partial charge in [-0.15, -0.1) is 0 Å². The van der Waals surface area contributed by atoms with Gasteiger partial charge in [0.05, 0.1) is 13.2 Å². The molecule has 1 aliphatic rings. The summed E-state index contributed by atoms with van der Waals surface area (Å²) in [7, 11) is 3.42. The topological polar surface area (TPSA) is 53.6 Å². The molecule has 2 unspecified atom stereocenters. The molecule has 1 aliphatic heterocycles. The minimum absolute atomic E-state index is 0.0737. The predicted molar refractivity (Wildman–Crippen MR) is 75.7 cm³/mol. The number of hydrogen-bond acceptors (Lipinski definition) is 4. The van der Waals surface area contributed by atoms with E-state index in [2.05, 4.69) is 17.6 Å². The van der Waals surface area contributed by atoms with E-state index in [0.29, 0.717) is 12.6 Å². The van der Waals surface area contributed by atoms with Crippen LogP contribution >= 0.6 is 0 Å². The molecule has 1 fully saturated rings. The monoisotopic (exact) mass is 263 g/mol. The maximum absolute atomic E-state index is 12.4. The lowest BCUT2D eigenvalue weighted by Gasteiger charge is -2.31. The van der Waals surface area contributed by atoms with E-state index in [1.165, 1.54) is 0 Å². The Morgan fingerprint density at radius 3 is 2.47 bits per heavy atom. The Hall–Kier alpha value is -1.59. The number of nitrogens with zero attached hydrogens (tertiary/aromatic N) is 1. The molecule has 1 amide bonds. The van der Waals surface area contributed by atoms with Gasteiger partial charge in [-0.2, -0.15) is 0 Å². The number of piperazine rings is 1. The van der Waals surface area contributed by atoms with Gasteiger partial charge in [-0.1, -0.05) is 0 Å². The molecule has 104 valence electrons. The summed E-state index contributed by atoms with van der Waals surface area (Å²) in [4.78, 5) is 14.0. The van der Waals surface area contributed by atoms with Gasteiger partial charge >= 0.3 is 0 Å². The van der Waals surface area contributed by atoms with Crippen LogP contribution < -0.4 is 20.3 Å². The number of carbonyl (C=O) groups is 1. The number of carbonyl (C=O) groups excluding carboxylic acids is 1. The van der Waals surface area contributed by atoms with E-state index in [1.807, 2.05) is 24.3 Å². The van der Waals surface area contributed by atoms with Gasteiger partial charge in [0.1, 0.15) is 5.75 Å². The molecule has 0 saturated carbocycles. The minimum Gasteiger partial charge on any atom is -0.497 e. The van der Waals surface area contributed by atoms with Crippen molar-refractivity contribution in [3.63, 3.8) is 0 Å². The number of rotatable bonds is 3. The molecule has 1 aromatic carbocycles. The number of nitrogens with one attached hydrogen (secondary N) is 2. The van der Waals surface area contributed by atoms with Crippen molar-refractivity contribution in [2.75, 3.05) is 32.1 Å². The fourth-order valence-electron chi connectivity index (χ4n) is 2.12. The lowest BCUT2D eigenvalue weighted by Crippen LogP contribution is -2.59. The first-order valence-corrected chi connectivity index (χ1v) is 6.50. The number of likely N-dealkylation sites (N-methyl/N-ethyl adjacent to an activating group) is 1. The average Bonchev–Trinajstić information content (AvgIpc) is 2.46. The minimum atomic E-state index is -0.164. The lowest BCUT2D eigenvalue weighted by molar-refractivity contribution is -0.120. The molecule has 2 N–H and O–H groups in total. The van der Waals surface area contributed by atoms with E-state index in [4.69, 9.17) is 4.74 Å². The molecule has 1 heterocycles. The third-order valence-corrected chi connectivity index (χ3v) is 3.43. The summed E-state index contributed by atoms with van der Waals surface area (Å²) < 4.78 is 5.11. The average molecular weight is 263 g/mol. The summed E-state index contributed by atoms with van der Waals surface area (Å²) >= 11 is 0. The van der Waals surface area contributed by atoms with E-state index in [0.717, 1.165) is 18.0 Å². The molecule has 19 heavy (non-hydrogen) atoms. The van der Waals surface area contributed by atoms with Crippen molar-refractivity contribution in [3.05, 3.63) is 24.3 Å². The second kappa shape index (κ2) is 6.04. The van der Waals surface area contributed by atoms with Crippen LogP contribution in [0.25, 0.3) is 0 Å². The number of benzene rings is 1. The molecule has 0 aromatic heterocycles. The van der Waals surface area contributed by atoms with Crippen LogP contribution in [0, 0.1) is 0 Å². The van der Waals surface area contributed by atoms with Gasteiger partial charge < -0.3 is 20.3 Å². The van der Waals surface area contributed by atoms with Crippen molar-refractivity contribution < 1.29 is 9.53 Å². The number of anilines is 1. The van der Waals surface area contributed by atoms with Crippen molar-refractivity contribution in [1.82, 2.24) is 10.6 Å². The third kappa shape index (κ3) is 3.24. The van der Waals surface area contributed by atoms with Gasteiger partial charge in [0.15, 0.2) is 0 Å². The van der Waals surface area contributed by atoms with Crippen LogP contribution in [0.1, 0.15) is 6.92 Å². The molecule has 0 aliphatic carbocycles. The van der Waals surface area contributed by atoms with Gasteiger partial charge in [0.25, 0.3) is 0 Å². The Morgan fingerprint density at radius 1 is 1.26 bits per heavy atom. The normalized spacial score (nSPS) is 22.9. The van der Waals surface area contributed by atoms with Crippen LogP contribution in [0.5, 0.6) is 5.75 Å². The first kappa shape index (κ1) is 13.8. The quantitative estimate of drug-likeness (QED) is 0.839. The van der Waals surface area contributed by atoms with Crippen molar-refractivity contribution in [1.29, 1.82) is 0 Å². The van der Waals surface area contributed by atoms with Crippen LogP contribution in [-0.2, 0) is 4.79 Å². The van der Waals surface area contributed by atoms with Crippen LogP contribution in [0.15, 0.2) is 24.3 Å². The highest BCUT2D eigenvalue weighted by Gasteiger charge is 2.26. The molecule has 0 radical (unpaired) electrons. The number of methoxy groups -OCH3 is 1.